The summed E-state index contributed by atoms with van der Waals surface area (Å²) >= 11 is 1.32. The van der Waals surface area contributed by atoms with Gasteiger partial charge in [0.2, 0.25) is 5.91 Å². The number of benzene rings is 2. The zero-order valence-electron chi connectivity index (χ0n) is 17.2. The number of nitrogens with zero attached hydrogens (tertiary/aromatic N) is 2. The Morgan fingerprint density at radius 1 is 1.00 bits per heavy atom. The van der Waals surface area contributed by atoms with Gasteiger partial charge in [-0.05, 0) is 53.9 Å². The molecule has 2 amide bonds. The van der Waals surface area contributed by atoms with E-state index < -0.39 is 6.36 Å². The molecule has 0 radical (unpaired) electrons. The molecule has 1 aliphatic rings. The maximum atomic E-state index is 13.4. The minimum atomic E-state index is -4.77. The number of alkyl halides is 3. The van der Waals surface area contributed by atoms with Gasteiger partial charge in [-0.15, -0.1) is 24.5 Å². The minimum Gasteiger partial charge on any atom is -0.406 e. The van der Waals surface area contributed by atoms with Gasteiger partial charge in [-0.25, -0.2) is 4.39 Å². The average molecular weight is 481 g/mol. The van der Waals surface area contributed by atoms with Crippen LogP contribution in [0.4, 0.5) is 23.2 Å². The van der Waals surface area contributed by atoms with Crippen molar-refractivity contribution in [3.05, 3.63) is 59.2 Å². The number of nitrogens with one attached hydrogen (secondary N) is 1. The van der Waals surface area contributed by atoms with Crippen molar-refractivity contribution in [3.63, 3.8) is 0 Å². The summed E-state index contributed by atoms with van der Waals surface area (Å²) in [4.78, 5) is 29.2. The van der Waals surface area contributed by atoms with E-state index in [-0.39, 0.29) is 29.9 Å². The van der Waals surface area contributed by atoms with Crippen molar-refractivity contribution in [1.29, 1.82) is 0 Å². The van der Waals surface area contributed by atoms with Gasteiger partial charge in [0.15, 0.2) is 0 Å². The molecule has 1 aliphatic heterocycles. The molecule has 0 spiro atoms. The summed E-state index contributed by atoms with van der Waals surface area (Å²) in [6.45, 7) is 1.97. The van der Waals surface area contributed by atoms with Gasteiger partial charge in [0.25, 0.3) is 5.91 Å². The molecular formula is C22H19F4N3O3S. The number of thiophene rings is 1. The second-order valence-electron chi connectivity index (χ2n) is 7.48. The molecule has 2 aromatic carbocycles. The third-order valence-electron chi connectivity index (χ3n) is 5.09. The van der Waals surface area contributed by atoms with Crippen molar-refractivity contribution >= 4 is 38.9 Å². The van der Waals surface area contributed by atoms with Crippen LogP contribution in [0.2, 0.25) is 0 Å². The number of amides is 2. The molecule has 4 rings (SSSR count). The van der Waals surface area contributed by atoms with E-state index in [4.69, 9.17) is 0 Å². The second-order valence-corrected chi connectivity index (χ2v) is 8.57. The van der Waals surface area contributed by atoms with Gasteiger partial charge in [-0.2, -0.15) is 0 Å². The molecule has 0 aliphatic carbocycles. The van der Waals surface area contributed by atoms with Crippen LogP contribution in [0.3, 0.4) is 0 Å². The van der Waals surface area contributed by atoms with Crippen molar-refractivity contribution < 1.29 is 31.9 Å². The summed E-state index contributed by atoms with van der Waals surface area (Å²) in [6.07, 6.45) is -4.77. The fraction of sp³-hybridized carbons (Fsp3) is 0.273. The fourth-order valence-corrected chi connectivity index (χ4v) is 4.54. The molecule has 2 heterocycles. The van der Waals surface area contributed by atoms with Crippen LogP contribution in [0.15, 0.2) is 48.5 Å². The van der Waals surface area contributed by atoms with Crippen LogP contribution in [0, 0.1) is 5.82 Å². The third-order valence-corrected chi connectivity index (χ3v) is 6.19. The van der Waals surface area contributed by atoms with Gasteiger partial charge >= 0.3 is 6.36 Å². The summed E-state index contributed by atoms with van der Waals surface area (Å²) in [5, 5.41) is 3.32. The lowest BCUT2D eigenvalue weighted by Crippen LogP contribution is -2.50. The molecule has 174 valence electrons. The van der Waals surface area contributed by atoms with E-state index in [2.05, 4.69) is 10.1 Å². The van der Waals surface area contributed by atoms with E-state index in [9.17, 15) is 27.2 Å². The van der Waals surface area contributed by atoms with E-state index in [1.54, 1.807) is 17.0 Å². The van der Waals surface area contributed by atoms with Crippen molar-refractivity contribution in [3.8, 4) is 5.75 Å². The standard InChI is InChI=1S/C22H19F4N3O3S/c23-15-1-6-18-14(11-15)12-19(33-18)21(31)29-9-7-28(8-10-29)13-20(30)27-16-2-4-17(5-3-16)32-22(24,25)26/h1-6,11-12H,7-10,13H2,(H,27,30). The molecule has 0 saturated carbocycles. The number of hydrogen-bond donors (Lipinski definition) is 1. The molecule has 1 aromatic heterocycles. The Morgan fingerprint density at radius 3 is 2.36 bits per heavy atom. The second kappa shape index (κ2) is 9.36. The normalized spacial score (nSPS) is 15.0. The van der Waals surface area contributed by atoms with Gasteiger partial charge in [0, 0.05) is 36.6 Å². The summed E-state index contributed by atoms with van der Waals surface area (Å²) in [7, 11) is 0. The average Bonchev–Trinajstić information content (AvgIpc) is 3.17. The van der Waals surface area contributed by atoms with Crippen LogP contribution in [0.1, 0.15) is 9.67 Å². The van der Waals surface area contributed by atoms with Gasteiger partial charge in [0.1, 0.15) is 11.6 Å². The number of piperazine rings is 1. The zero-order valence-corrected chi connectivity index (χ0v) is 18.0. The quantitative estimate of drug-likeness (QED) is 0.551. The smallest absolute Gasteiger partial charge is 0.406 e. The topological polar surface area (TPSA) is 61.9 Å². The highest BCUT2D eigenvalue weighted by molar-refractivity contribution is 7.20. The predicted octanol–water partition coefficient (Wildman–Crippen LogP) is 4.34. The Bertz CT molecular complexity index is 1160. The highest BCUT2D eigenvalue weighted by Gasteiger charge is 2.31. The molecule has 11 heteroatoms. The zero-order chi connectivity index (χ0) is 23.6. The van der Waals surface area contributed by atoms with Gasteiger partial charge in [-0.3, -0.25) is 14.5 Å². The van der Waals surface area contributed by atoms with Crippen LogP contribution in [-0.2, 0) is 4.79 Å². The lowest BCUT2D eigenvalue weighted by atomic mass is 10.2. The van der Waals surface area contributed by atoms with Gasteiger partial charge in [-0.1, -0.05) is 0 Å². The molecule has 3 aromatic rings. The number of rotatable bonds is 5. The molecule has 0 unspecified atom stereocenters. The number of carbonyl (C=O) groups is 2. The fourth-order valence-electron chi connectivity index (χ4n) is 3.53. The first-order valence-corrected chi connectivity index (χ1v) is 10.8. The Kier molecular flexibility index (Phi) is 6.52. The molecule has 1 saturated heterocycles. The minimum absolute atomic E-state index is 0.0883. The maximum Gasteiger partial charge on any atom is 0.573 e. The number of carbonyl (C=O) groups excluding carboxylic acids is 2. The maximum absolute atomic E-state index is 13.4. The molecule has 1 fully saturated rings. The van der Waals surface area contributed by atoms with Crippen molar-refractivity contribution in [2.45, 2.75) is 6.36 Å². The van der Waals surface area contributed by atoms with Crippen LogP contribution in [0.5, 0.6) is 5.75 Å². The van der Waals surface area contributed by atoms with Gasteiger partial charge < -0.3 is 15.0 Å². The number of fused-ring (bicyclic) bond motifs is 1. The Labute approximate surface area is 190 Å². The Balaban J connectivity index is 1.26. The molecule has 0 atom stereocenters. The van der Waals surface area contributed by atoms with E-state index in [1.807, 2.05) is 4.90 Å². The molecule has 0 bridgehead atoms. The van der Waals surface area contributed by atoms with E-state index in [0.717, 1.165) is 16.8 Å². The first kappa shape index (κ1) is 23.0. The predicted molar refractivity (Wildman–Crippen MR) is 116 cm³/mol. The monoisotopic (exact) mass is 481 g/mol. The highest BCUT2D eigenvalue weighted by atomic mass is 32.1. The van der Waals surface area contributed by atoms with E-state index in [1.165, 1.54) is 35.6 Å². The number of hydrogen-bond acceptors (Lipinski definition) is 5. The van der Waals surface area contributed by atoms with Crippen LogP contribution in [0.25, 0.3) is 10.1 Å². The highest BCUT2D eigenvalue weighted by Crippen LogP contribution is 2.28. The largest absolute Gasteiger partial charge is 0.573 e. The summed E-state index contributed by atoms with van der Waals surface area (Å²) in [6, 6.07) is 11.0. The van der Waals surface area contributed by atoms with Crippen LogP contribution >= 0.6 is 11.3 Å². The molecular weight excluding hydrogens is 462 g/mol. The van der Waals surface area contributed by atoms with E-state index >= 15 is 0 Å². The van der Waals surface area contributed by atoms with Crippen LogP contribution < -0.4 is 10.1 Å². The lowest BCUT2D eigenvalue weighted by molar-refractivity contribution is -0.274. The SMILES string of the molecule is O=C(CN1CCN(C(=O)c2cc3cc(F)ccc3s2)CC1)Nc1ccc(OC(F)(F)F)cc1. The van der Waals surface area contributed by atoms with Crippen molar-refractivity contribution in [1.82, 2.24) is 9.80 Å². The van der Waals surface area contributed by atoms with Gasteiger partial charge in [0.05, 0.1) is 11.4 Å². The third kappa shape index (κ3) is 5.99. The first-order valence-electron chi connectivity index (χ1n) is 10.0. The summed E-state index contributed by atoms with van der Waals surface area (Å²) in [5.41, 5.74) is 0.351. The number of anilines is 1. The number of halogens is 4. The molecule has 1 N–H and O–H groups in total. The van der Waals surface area contributed by atoms with Crippen molar-refractivity contribution in [2.75, 3.05) is 38.0 Å². The van der Waals surface area contributed by atoms with Crippen LogP contribution in [-0.4, -0.2) is 60.7 Å². The number of ether oxygens (including phenoxy) is 1. The summed E-state index contributed by atoms with van der Waals surface area (Å²) in [5.74, 6) is -1.16. The Morgan fingerprint density at radius 2 is 1.70 bits per heavy atom. The first-order chi connectivity index (χ1) is 15.7. The van der Waals surface area contributed by atoms with Crippen molar-refractivity contribution in [2.24, 2.45) is 0 Å². The molecule has 6 nitrogen and oxygen atoms in total. The van der Waals surface area contributed by atoms with E-state index in [0.29, 0.717) is 42.1 Å². The lowest BCUT2D eigenvalue weighted by Gasteiger charge is -2.34. The molecule has 33 heavy (non-hydrogen) atoms. The Hall–Kier alpha value is -3.18. The summed E-state index contributed by atoms with van der Waals surface area (Å²) < 4.78 is 54.7.